The molecule has 3 saturated carbocycles. The lowest BCUT2D eigenvalue weighted by atomic mass is 9.67. The summed E-state index contributed by atoms with van der Waals surface area (Å²) in [5.74, 6) is -1.26. The molecule has 5 atom stereocenters. The van der Waals surface area contributed by atoms with Crippen molar-refractivity contribution in [1.82, 2.24) is 10.1 Å². The van der Waals surface area contributed by atoms with Crippen molar-refractivity contribution in [3.05, 3.63) is 68.1 Å². The zero-order chi connectivity index (χ0) is 30.3. The highest BCUT2D eigenvalue weighted by Gasteiger charge is 2.65. The Kier molecular flexibility index (Phi) is 7.06. The molecular weight excluding hydrogens is 622 g/mol. The highest BCUT2D eigenvalue weighted by Crippen LogP contribution is 2.62. The summed E-state index contributed by atoms with van der Waals surface area (Å²) in [6, 6.07) is 9.63. The maximum Gasteiger partial charge on any atom is 0.267 e. The molecule has 3 unspecified atom stereocenters. The Labute approximate surface area is 259 Å². The molecule has 6 nitrogen and oxygen atoms in total. The molecule has 12 heteroatoms. The van der Waals surface area contributed by atoms with Crippen LogP contribution in [0.2, 0.25) is 10.0 Å². The quantitative estimate of drug-likeness (QED) is 0.216. The van der Waals surface area contributed by atoms with Gasteiger partial charge in [0.2, 0.25) is 0 Å². The van der Waals surface area contributed by atoms with Crippen molar-refractivity contribution in [2.45, 2.75) is 69.2 Å². The number of aromatic nitrogens is 2. The second kappa shape index (κ2) is 10.5. The number of rotatable bonds is 7. The van der Waals surface area contributed by atoms with Crippen molar-refractivity contribution in [2.75, 3.05) is 0 Å². The SMILES string of the molecule is CC1C[C@@H]2CC(OCc3c(-c4c(Cl)cccc4Cl)noc3C3CC3)(C(F)F)CC1[C@]2(O)c1nc2c(F)cc(C#N)cc2s1. The van der Waals surface area contributed by atoms with Crippen LogP contribution in [0.3, 0.4) is 0 Å². The smallest absolute Gasteiger partial charge is 0.267 e. The molecule has 4 aromatic rings. The number of ether oxygens (including phenoxy) is 1. The fourth-order valence-corrected chi connectivity index (χ4v) is 9.01. The van der Waals surface area contributed by atoms with E-state index in [9.17, 15) is 14.8 Å². The minimum absolute atomic E-state index is 0.0623. The van der Waals surface area contributed by atoms with Gasteiger partial charge in [-0.1, -0.05) is 41.3 Å². The lowest BCUT2D eigenvalue weighted by Crippen LogP contribution is -2.54. The van der Waals surface area contributed by atoms with E-state index in [4.69, 9.17) is 32.5 Å². The molecule has 2 aromatic carbocycles. The monoisotopic (exact) mass is 647 g/mol. The molecule has 3 aliphatic carbocycles. The van der Waals surface area contributed by atoms with Crippen LogP contribution < -0.4 is 0 Å². The van der Waals surface area contributed by atoms with Crippen LogP contribution in [0, 0.1) is 34.9 Å². The van der Waals surface area contributed by atoms with Gasteiger partial charge in [0, 0.05) is 23.0 Å². The fraction of sp³-hybridized carbons (Fsp3) is 0.452. The third-order valence-corrected chi connectivity index (χ3v) is 11.2. The lowest BCUT2D eigenvalue weighted by molar-refractivity contribution is -0.217. The number of nitriles is 1. The van der Waals surface area contributed by atoms with Gasteiger partial charge in [-0.15, -0.1) is 11.3 Å². The van der Waals surface area contributed by atoms with E-state index in [0.29, 0.717) is 43.7 Å². The zero-order valence-corrected chi connectivity index (χ0v) is 25.2. The number of aliphatic hydroxyl groups is 1. The number of benzene rings is 2. The molecule has 224 valence electrons. The van der Waals surface area contributed by atoms with Crippen molar-refractivity contribution < 1.29 is 27.5 Å². The Balaban J connectivity index is 1.23. The van der Waals surface area contributed by atoms with Gasteiger partial charge in [-0.2, -0.15) is 5.26 Å². The predicted molar refractivity (Wildman–Crippen MR) is 156 cm³/mol. The van der Waals surface area contributed by atoms with Crippen molar-refractivity contribution in [3.8, 4) is 17.3 Å². The average molecular weight is 649 g/mol. The van der Waals surface area contributed by atoms with Crippen LogP contribution in [0.15, 0.2) is 34.9 Å². The van der Waals surface area contributed by atoms with E-state index in [1.165, 1.54) is 6.07 Å². The van der Waals surface area contributed by atoms with Crippen LogP contribution in [0.25, 0.3) is 21.5 Å². The van der Waals surface area contributed by atoms with E-state index in [1.807, 2.05) is 13.0 Å². The summed E-state index contributed by atoms with van der Waals surface area (Å²) in [5, 5.41) is 26.7. The number of hydrogen-bond acceptors (Lipinski definition) is 7. The Bertz CT molecular complexity index is 1770. The van der Waals surface area contributed by atoms with Gasteiger partial charge in [0.05, 0.1) is 33.0 Å². The van der Waals surface area contributed by atoms with E-state index in [-0.39, 0.29) is 47.4 Å². The van der Waals surface area contributed by atoms with Gasteiger partial charge in [-0.3, -0.25) is 0 Å². The number of hydrogen-bond donors (Lipinski definition) is 1. The molecule has 43 heavy (non-hydrogen) atoms. The van der Waals surface area contributed by atoms with Gasteiger partial charge in [0.1, 0.15) is 33.2 Å². The Hall–Kier alpha value is -2.68. The molecule has 2 aromatic heterocycles. The summed E-state index contributed by atoms with van der Waals surface area (Å²) in [7, 11) is 0. The predicted octanol–water partition coefficient (Wildman–Crippen LogP) is 8.62. The van der Waals surface area contributed by atoms with E-state index in [1.54, 1.807) is 18.2 Å². The number of nitrogens with zero attached hydrogens (tertiary/aromatic N) is 3. The highest BCUT2D eigenvalue weighted by molar-refractivity contribution is 7.18. The number of halogens is 5. The average Bonchev–Trinajstić information content (AvgIpc) is 3.55. The lowest BCUT2D eigenvalue weighted by Gasteiger charge is -2.48. The Morgan fingerprint density at radius 2 is 1.98 bits per heavy atom. The van der Waals surface area contributed by atoms with Crippen molar-refractivity contribution >= 4 is 44.8 Å². The van der Waals surface area contributed by atoms with E-state index < -0.39 is 35.3 Å². The highest BCUT2D eigenvalue weighted by atomic mass is 35.5. The van der Waals surface area contributed by atoms with Gasteiger partial charge in [0.15, 0.2) is 5.82 Å². The molecule has 3 fully saturated rings. The summed E-state index contributed by atoms with van der Waals surface area (Å²) in [4.78, 5) is 4.45. The second-order valence-electron chi connectivity index (χ2n) is 12.1. The van der Waals surface area contributed by atoms with Gasteiger partial charge in [-0.05, 0) is 68.2 Å². The Morgan fingerprint density at radius 3 is 2.63 bits per heavy atom. The molecule has 0 aliphatic heterocycles. The van der Waals surface area contributed by atoms with Gasteiger partial charge < -0.3 is 14.4 Å². The van der Waals surface area contributed by atoms with Crippen molar-refractivity contribution in [3.63, 3.8) is 0 Å². The largest absolute Gasteiger partial charge is 0.382 e. The van der Waals surface area contributed by atoms with Crippen LogP contribution in [0.4, 0.5) is 13.2 Å². The summed E-state index contributed by atoms with van der Waals surface area (Å²) >= 11 is 14.1. The van der Waals surface area contributed by atoms with E-state index >= 15 is 8.78 Å². The van der Waals surface area contributed by atoms with Crippen LogP contribution >= 0.6 is 34.5 Å². The minimum atomic E-state index is -2.84. The molecule has 0 spiro atoms. The summed E-state index contributed by atoms with van der Waals surface area (Å²) in [6.45, 7) is 1.74. The fourth-order valence-electron chi connectivity index (χ4n) is 7.18. The zero-order valence-electron chi connectivity index (χ0n) is 22.9. The molecule has 0 saturated heterocycles. The number of alkyl halides is 2. The first-order valence-corrected chi connectivity index (χ1v) is 15.7. The molecule has 3 aliphatic rings. The maximum absolute atomic E-state index is 15.1. The van der Waals surface area contributed by atoms with Gasteiger partial charge in [0.25, 0.3) is 6.43 Å². The third-order valence-electron chi connectivity index (χ3n) is 9.48. The first-order valence-electron chi connectivity index (χ1n) is 14.1. The first kappa shape index (κ1) is 29.1. The van der Waals surface area contributed by atoms with Gasteiger partial charge in [-0.25, -0.2) is 18.2 Å². The normalized spacial score (nSPS) is 28.6. The summed E-state index contributed by atoms with van der Waals surface area (Å²) in [6.07, 6.45) is -0.795. The standard InChI is InChI=1S/C31H26Cl2F3N3O3S/c1-14-7-17-10-30(28(35)36,11-19(14)31(17,40)29-38-26-22(34)8-15(12-37)9-23(26)43-29)41-13-18-25(39-42-27(18)16-5-6-16)24-20(32)3-2-4-21(24)33/h2-4,8-9,14,16-17,19,28,40H,5-7,10-11,13H2,1H3/t14?,17-,19?,30?,31+/m1/s1. The minimum Gasteiger partial charge on any atom is -0.382 e. The van der Waals surface area contributed by atoms with E-state index in [0.717, 1.165) is 30.2 Å². The second-order valence-corrected chi connectivity index (χ2v) is 13.9. The van der Waals surface area contributed by atoms with Gasteiger partial charge >= 0.3 is 0 Å². The Morgan fingerprint density at radius 1 is 1.23 bits per heavy atom. The molecule has 0 radical (unpaired) electrons. The molecule has 0 amide bonds. The topological polar surface area (TPSA) is 92.2 Å². The molecule has 7 rings (SSSR count). The van der Waals surface area contributed by atoms with Crippen LogP contribution in [0.1, 0.15) is 66.8 Å². The third kappa shape index (κ3) is 4.58. The molecule has 2 heterocycles. The van der Waals surface area contributed by atoms with Crippen molar-refractivity contribution in [2.24, 2.45) is 17.8 Å². The summed E-state index contributed by atoms with van der Waals surface area (Å²) < 4.78 is 57.3. The summed E-state index contributed by atoms with van der Waals surface area (Å²) in [5.41, 5.74) is -1.78. The maximum atomic E-state index is 15.1. The molecular formula is C31H26Cl2F3N3O3S. The first-order chi connectivity index (χ1) is 20.6. The number of thiazole rings is 1. The van der Waals surface area contributed by atoms with Crippen LogP contribution in [0.5, 0.6) is 0 Å². The molecule has 2 bridgehead atoms. The van der Waals surface area contributed by atoms with Crippen molar-refractivity contribution in [1.29, 1.82) is 5.26 Å². The van der Waals surface area contributed by atoms with Crippen LogP contribution in [-0.4, -0.2) is 27.3 Å². The van der Waals surface area contributed by atoms with E-state index in [2.05, 4.69) is 10.1 Å². The van der Waals surface area contributed by atoms with Crippen LogP contribution in [-0.2, 0) is 16.9 Å². The number of fused-ring (bicyclic) bond motifs is 3. The molecule has 1 N–H and O–H groups in total.